The van der Waals surface area contributed by atoms with Gasteiger partial charge in [0.05, 0.1) is 35.6 Å². The van der Waals surface area contributed by atoms with E-state index in [9.17, 15) is 9.59 Å². The van der Waals surface area contributed by atoms with E-state index in [2.05, 4.69) is 35.9 Å². The molecule has 36 heavy (non-hydrogen) atoms. The molecule has 0 spiro atoms. The van der Waals surface area contributed by atoms with Gasteiger partial charge in [0.15, 0.2) is 4.80 Å². The van der Waals surface area contributed by atoms with Crippen LogP contribution in [-0.4, -0.2) is 37.3 Å². The number of carbonyl (C=O) groups is 1. The largest absolute Gasteiger partial charge is 0.497 e. The number of esters is 1. The van der Waals surface area contributed by atoms with Crippen molar-refractivity contribution in [2.45, 2.75) is 33.7 Å². The van der Waals surface area contributed by atoms with Gasteiger partial charge in [-0.25, -0.2) is 9.79 Å². The van der Waals surface area contributed by atoms with Gasteiger partial charge in [0.25, 0.3) is 5.56 Å². The fourth-order valence-electron chi connectivity index (χ4n) is 4.41. The first-order chi connectivity index (χ1) is 17.4. The van der Waals surface area contributed by atoms with Gasteiger partial charge in [-0.05, 0) is 69.2 Å². The van der Waals surface area contributed by atoms with Crippen molar-refractivity contribution in [3.63, 3.8) is 0 Å². The van der Waals surface area contributed by atoms with Crippen LogP contribution in [0.15, 0.2) is 69.6 Å². The van der Waals surface area contributed by atoms with Crippen molar-refractivity contribution in [3.05, 3.63) is 90.6 Å². The number of hydrogen-bond acceptors (Lipinski definition) is 7. The van der Waals surface area contributed by atoms with Gasteiger partial charge in [0.2, 0.25) is 0 Å². The zero-order chi connectivity index (χ0) is 25.8. The van der Waals surface area contributed by atoms with E-state index in [1.165, 1.54) is 11.3 Å². The Balaban J connectivity index is 1.84. The summed E-state index contributed by atoms with van der Waals surface area (Å²) in [6, 6.07) is 14.9. The average Bonchev–Trinajstić information content (AvgIpc) is 3.19. The van der Waals surface area contributed by atoms with Crippen molar-refractivity contribution in [3.8, 4) is 5.75 Å². The Hall–Kier alpha value is -3.65. The lowest BCUT2D eigenvalue weighted by Crippen LogP contribution is -2.39. The minimum absolute atomic E-state index is 0.193. The number of thiazole rings is 1. The summed E-state index contributed by atoms with van der Waals surface area (Å²) in [5.74, 6) is 0.221. The molecule has 0 fully saturated rings. The van der Waals surface area contributed by atoms with Crippen molar-refractivity contribution >= 4 is 29.1 Å². The van der Waals surface area contributed by atoms with Crippen molar-refractivity contribution < 1.29 is 14.3 Å². The summed E-state index contributed by atoms with van der Waals surface area (Å²) in [7, 11) is 1.60. The van der Waals surface area contributed by atoms with E-state index in [4.69, 9.17) is 9.47 Å². The third-order valence-electron chi connectivity index (χ3n) is 6.27. The number of nitrogens with zero attached hydrogens (tertiary/aromatic N) is 3. The molecular formula is C28H31N3O4S. The fraction of sp³-hybridized carbons (Fsp3) is 0.321. The van der Waals surface area contributed by atoms with Crippen molar-refractivity contribution in [1.82, 2.24) is 4.57 Å². The topological polar surface area (TPSA) is 73.1 Å². The molecule has 4 rings (SSSR count). The van der Waals surface area contributed by atoms with Crippen LogP contribution >= 0.6 is 11.3 Å². The molecule has 0 bridgehead atoms. The van der Waals surface area contributed by atoms with Crippen molar-refractivity contribution in [2.75, 3.05) is 31.7 Å². The third-order valence-corrected chi connectivity index (χ3v) is 7.25. The first-order valence-electron chi connectivity index (χ1n) is 12.1. The van der Waals surface area contributed by atoms with Crippen molar-refractivity contribution in [2.24, 2.45) is 4.99 Å². The highest BCUT2D eigenvalue weighted by Crippen LogP contribution is 2.31. The Kier molecular flexibility index (Phi) is 7.74. The molecule has 0 saturated carbocycles. The maximum atomic E-state index is 13.7. The summed E-state index contributed by atoms with van der Waals surface area (Å²) in [5.41, 5.74) is 3.58. The molecule has 0 radical (unpaired) electrons. The third kappa shape index (κ3) is 4.86. The lowest BCUT2D eigenvalue weighted by atomic mass is 9.96. The van der Waals surface area contributed by atoms with Crippen LogP contribution in [0.3, 0.4) is 0 Å². The number of benzene rings is 2. The lowest BCUT2D eigenvalue weighted by Gasteiger charge is -2.24. The molecule has 0 saturated heterocycles. The van der Waals surface area contributed by atoms with Crippen LogP contribution in [0.5, 0.6) is 5.75 Å². The van der Waals surface area contributed by atoms with E-state index >= 15 is 0 Å². The molecule has 1 aliphatic rings. The number of allylic oxidation sites excluding steroid dienone is 1. The Morgan fingerprint density at radius 2 is 1.75 bits per heavy atom. The highest BCUT2D eigenvalue weighted by atomic mass is 32.1. The highest BCUT2D eigenvalue weighted by Gasteiger charge is 2.33. The van der Waals surface area contributed by atoms with Gasteiger partial charge in [-0.1, -0.05) is 35.6 Å². The SMILES string of the molecule is CCOC(=O)C1=C(C)N=c2sc(=Cc3ccc(N(CC)CC)cc3)c(=O)n2[C@H]1c1ccc(OC)cc1. The van der Waals surface area contributed by atoms with Gasteiger partial charge in [-0.3, -0.25) is 9.36 Å². The molecule has 0 unspecified atom stereocenters. The van der Waals surface area contributed by atoms with Crippen LogP contribution in [0, 0.1) is 0 Å². The van der Waals surface area contributed by atoms with E-state index in [-0.39, 0.29) is 12.2 Å². The second-order valence-corrected chi connectivity index (χ2v) is 9.35. The summed E-state index contributed by atoms with van der Waals surface area (Å²) in [6.07, 6.45) is 1.88. The first kappa shape index (κ1) is 25.4. The van der Waals surface area contributed by atoms with Gasteiger partial charge in [-0.2, -0.15) is 0 Å². The zero-order valence-corrected chi connectivity index (χ0v) is 22.1. The number of fused-ring (bicyclic) bond motifs is 1. The molecule has 3 aromatic rings. The van der Waals surface area contributed by atoms with Gasteiger partial charge < -0.3 is 14.4 Å². The van der Waals surface area contributed by atoms with E-state index in [0.29, 0.717) is 26.4 Å². The molecule has 1 aromatic heterocycles. The number of aromatic nitrogens is 1. The molecule has 1 atom stereocenters. The maximum absolute atomic E-state index is 13.7. The Bertz CT molecular complexity index is 1450. The number of ether oxygens (including phenoxy) is 2. The smallest absolute Gasteiger partial charge is 0.338 e. The normalized spacial score (nSPS) is 15.4. The predicted molar refractivity (Wildman–Crippen MR) is 143 cm³/mol. The standard InChI is InChI=1S/C28H31N3O4S/c1-6-30(7-2)21-13-9-19(10-14-21)17-23-26(32)31-25(20-11-15-22(34-5)16-12-20)24(27(33)35-8-3)18(4)29-28(31)36-23/h9-17,25H,6-8H2,1-5H3/t25-/m0/s1. The highest BCUT2D eigenvalue weighted by molar-refractivity contribution is 7.07. The van der Waals surface area contributed by atoms with Gasteiger partial charge >= 0.3 is 5.97 Å². The quantitative estimate of drug-likeness (QED) is 0.437. The molecule has 188 valence electrons. The summed E-state index contributed by atoms with van der Waals surface area (Å²) in [5, 5.41) is 0. The molecule has 8 heteroatoms. The molecular weight excluding hydrogens is 474 g/mol. The number of rotatable bonds is 8. The van der Waals surface area contributed by atoms with E-state index < -0.39 is 12.0 Å². The van der Waals surface area contributed by atoms with Crippen LogP contribution in [-0.2, 0) is 9.53 Å². The summed E-state index contributed by atoms with van der Waals surface area (Å²) < 4.78 is 12.8. The number of anilines is 1. The van der Waals surface area contributed by atoms with Gasteiger partial charge in [0, 0.05) is 18.8 Å². The van der Waals surface area contributed by atoms with Crippen LogP contribution in [0.4, 0.5) is 5.69 Å². The Labute approximate surface area is 214 Å². The molecule has 0 N–H and O–H groups in total. The summed E-state index contributed by atoms with van der Waals surface area (Å²) in [6.45, 7) is 9.90. The van der Waals surface area contributed by atoms with Crippen LogP contribution in [0.1, 0.15) is 44.9 Å². The molecule has 0 amide bonds. The number of carbonyl (C=O) groups excluding carboxylic acids is 1. The molecule has 0 aliphatic carbocycles. The van der Waals surface area contributed by atoms with E-state index in [1.807, 2.05) is 42.5 Å². The molecule has 2 heterocycles. The predicted octanol–water partition coefficient (Wildman–Crippen LogP) is 3.65. The summed E-state index contributed by atoms with van der Waals surface area (Å²) >= 11 is 1.32. The van der Waals surface area contributed by atoms with Crippen LogP contribution < -0.4 is 24.5 Å². The van der Waals surface area contributed by atoms with E-state index in [0.717, 1.165) is 29.9 Å². The minimum atomic E-state index is -0.640. The number of methoxy groups -OCH3 is 1. The first-order valence-corrected chi connectivity index (χ1v) is 12.9. The van der Waals surface area contributed by atoms with E-state index in [1.54, 1.807) is 25.5 Å². The second-order valence-electron chi connectivity index (χ2n) is 8.34. The lowest BCUT2D eigenvalue weighted by molar-refractivity contribution is -0.139. The van der Waals surface area contributed by atoms with Crippen LogP contribution in [0.25, 0.3) is 6.08 Å². The molecule has 2 aromatic carbocycles. The monoisotopic (exact) mass is 505 g/mol. The average molecular weight is 506 g/mol. The van der Waals surface area contributed by atoms with Gasteiger partial charge in [-0.15, -0.1) is 0 Å². The molecule has 7 nitrogen and oxygen atoms in total. The second kappa shape index (κ2) is 11.0. The molecule has 1 aliphatic heterocycles. The number of hydrogen-bond donors (Lipinski definition) is 0. The summed E-state index contributed by atoms with van der Waals surface area (Å²) in [4.78, 5) is 34.1. The Morgan fingerprint density at radius 3 is 2.33 bits per heavy atom. The van der Waals surface area contributed by atoms with Crippen molar-refractivity contribution in [1.29, 1.82) is 0 Å². The van der Waals surface area contributed by atoms with Gasteiger partial charge in [0.1, 0.15) is 5.75 Å². The fourth-order valence-corrected chi connectivity index (χ4v) is 5.46. The Morgan fingerprint density at radius 1 is 1.08 bits per heavy atom. The minimum Gasteiger partial charge on any atom is -0.497 e. The van der Waals surface area contributed by atoms with Crippen LogP contribution in [0.2, 0.25) is 0 Å². The maximum Gasteiger partial charge on any atom is 0.338 e. The zero-order valence-electron chi connectivity index (χ0n) is 21.3.